The normalized spacial score (nSPS) is 11.3. The second-order valence-corrected chi connectivity index (χ2v) is 9.67. The van der Waals surface area contributed by atoms with Crippen LogP contribution in [0.5, 0.6) is 5.75 Å². The molecule has 0 aliphatic carbocycles. The number of fused-ring (bicyclic) bond motifs is 1. The number of thiophene rings is 1. The third kappa shape index (κ3) is 4.70. The summed E-state index contributed by atoms with van der Waals surface area (Å²) in [6.45, 7) is 0.298. The Hall–Kier alpha value is -3.36. The second kappa shape index (κ2) is 8.79. The zero-order valence-corrected chi connectivity index (χ0v) is 18.3. The van der Waals surface area contributed by atoms with Crippen molar-refractivity contribution in [3.63, 3.8) is 0 Å². The molecule has 0 radical (unpaired) electrons. The molecule has 0 saturated heterocycles. The van der Waals surface area contributed by atoms with Crippen molar-refractivity contribution in [2.75, 3.05) is 11.8 Å². The Balaban J connectivity index is 1.64. The fraction of sp³-hybridized carbons (Fsp3) is 0.0870. The fourth-order valence-electron chi connectivity index (χ4n) is 3.14. The monoisotopic (exact) mass is 452 g/mol. The summed E-state index contributed by atoms with van der Waals surface area (Å²) >= 11 is 1.12. The highest BCUT2D eigenvalue weighted by molar-refractivity contribution is 7.94. The number of carbonyl (C=O) groups excluding carboxylic acids is 1. The van der Waals surface area contributed by atoms with E-state index >= 15 is 0 Å². The predicted molar refractivity (Wildman–Crippen MR) is 123 cm³/mol. The van der Waals surface area contributed by atoms with Crippen molar-refractivity contribution < 1.29 is 17.9 Å². The summed E-state index contributed by atoms with van der Waals surface area (Å²) in [5.74, 6) is 0.361. The minimum Gasteiger partial charge on any atom is -0.497 e. The van der Waals surface area contributed by atoms with Gasteiger partial charge in [-0.2, -0.15) is 0 Å². The van der Waals surface area contributed by atoms with Gasteiger partial charge in [-0.3, -0.25) is 9.52 Å². The summed E-state index contributed by atoms with van der Waals surface area (Å²) in [7, 11) is -2.20. The van der Waals surface area contributed by atoms with Crippen LogP contribution in [0, 0.1) is 0 Å². The molecule has 0 bridgehead atoms. The number of rotatable bonds is 7. The van der Waals surface area contributed by atoms with Crippen molar-refractivity contribution in [2.24, 2.45) is 0 Å². The predicted octanol–water partition coefficient (Wildman–Crippen LogP) is 4.64. The maximum Gasteiger partial charge on any atom is 0.271 e. The van der Waals surface area contributed by atoms with Gasteiger partial charge in [-0.15, -0.1) is 11.3 Å². The zero-order chi connectivity index (χ0) is 21.8. The van der Waals surface area contributed by atoms with Crippen LogP contribution >= 0.6 is 11.3 Å². The second-order valence-electron chi connectivity index (χ2n) is 6.81. The van der Waals surface area contributed by atoms with E-state index < -0.39 is 10.0 Å². The number of hydrogen-bond donors (Lipinski definition) is 2. The van der Waals surface area contributed by atoms with Crippen LogP contribution in [-0.4, -0.2) is 21.4 Å². The average molecular weight is 453 g/mol. The fourth-order valence-corrected chi connectivity index (χ4v) is 5.21. The minimum atomic E-state index is -3.79. The van der Waals surface area contributed by atoms with Gasteiger partial charge in [0.1, 0.15) is 9.96 Å². The van der Waals surface area contributed by atoms with Crippen LogP contribution in [0.25, 0.3) is 10.8 Å². The number of methoxy groups -OCH3 is 1. The molecule has 0 saturated carbocycles. The van der Waals surface area contributed by atoms with E-state index in [1.54, 1.807) is 30.7 Å². The van der Waals surface area contributed by atoms with Crippen LogP contribution in [-0.2, 0) is 16.6 Å². The first-order valence-electron chi connectivity index (χ1n) is 9.46. The van der Waals surface area contributed by atoms with Gasteiger partial charge in [-0.05, 0) is 52.0 Å². The molecular weight excluding hydrogens is 432 g/mol. The number of benzene rings is 3. The van der Waals surface area contributed by atoms with Gasteiger partial charge < -0.3 is 10.1 Å². The molecule has 0 aliphatic heterocycles. The smallest absolute Gasteiger partial charge is 0.271 e. The lowest BCUT2D eigenvalue weighted by Gasteiger charge is -2.14. The van der Waals surface area contributed by atoms with Gasteiger partial charge in [0.2, 0.25) is 0 Å². The van der Waals surface area contributed by atoms with Gasteiger partial charge in [0.25, 0.3) is 15.9 Å². The Morgan fingerprint density at radius 2 is 1.68 bits per heavy atom. The van der Waals surface area contributed by atoms with Crippen molar-refractivity contribution in [2.45, 2.75) is 10.8 Å². The Labute approximate surface area is 184 Å². The van der Waals surface area contributed by atoms with E-state index in [2.05, 4.69) is 10.0 Å². The van der Waals surface area contributed by atoms with Crippen molar-refractivity contribution in [3.05, 3.63) is 89.3 Å². The van der Waals surface area contributed by atoms with E-state index in [4.69, 9.17) is 4.74 Å². The van der Waals surface area contributed by atoms with Crippen molar-refractivity contribution in [1.82, 2.24) is 5.32 Å². The standard InChI is InChI=1S/C23H20N2O4S2/c1-29-19-10-8-16(9-11-19)15-24-23(26)20-13-17-5-2-3-6-18(17)14-21(20)25-31(27,28)22-7-4-12-30-22/h2-14,25H,15H2,1H3,(H,24,26). The Bertz CT molecular complexity index is 1320. The van der Waals surface area contributed by atoms with E-state index in [1.807, 2.05) is 48.5 Å². The molecule has 0 spiro atoms. The minimum absolute atomic E-state index is 0.185. The molecule has 2 N–H and O–H groups in total. The number of hydrogen-bond acceptors (Lipinski definition) is 5. The Kier molecular flexibility index (Phi) is 5.92. The molecule has 1 heterocycles. The molecule has 1 aromatic heterocycles. The first-order valence-corrected chi connectivity index (χ1v) is 11.8. The first-order chi connectivity index (χ1) is 15.0. The highest BCUT2D eigenvalue weighted by Gasteiger charge is 2.20. The van der Waals surface area contributed by atoms with Crippen molar-refractivity contribution in [1.29, 1.82) is 0 Å². The van der Waals surface area contributed by atoms with Gasteiger partial charge in [0.05, 0.1) is 18.4 Å². The largest absolute Gasteiger partial charge is 0.497 e. The third-order valence-corrected chi connectivity index (χ3v) is 7.51. The molecule has 0 unspecified atom stereocenters. The summed E-state index contributed by atoms with van der Waals surface area (Å²) in [5, 5.41) is 6.23. The summed E-state index contributed by atoms with van der Waals surface area (Å²) in [4.78, 5) is 13.0. The number of sulfonamides is 1. The van der Waals surface area contributed by atoms with Gasteiger partial charge in [-0.1, -0.05) is 42.5 Å². The highest BCUT2D eigenvalue weighted by atomic mass is 32.2. The van der Waals surface area contributed by atoms with E-state index in [-0.39, 0.29) is 21.4 Å². The topological polar surface area (TPSA) is 84.5 Å². The Morgan fingerprint density at radius 3 is 2.32 bits per heavy atom. The van der Waals surface area contributed by atoms with Gasteiger partial charge in [0, 0.05) is 6.54 Å². The molecule has 3 aromatic carbocycles. The summed E-state index contributed by atoms with van der Waals surface area (Å²) in [5.41, 5.74) is 1.39. The maximum absolute atomic E-state index is 13.0. The molecule has 158 valence electrons. The molecule has 4 aromatic rings. The quantitative estimate of drug-likeness (QED) is 0.428. The maximum atomic E-state index is 13.0. The highest BCUT2D eigenvalue weighted by Crippen LogP contribution is 2.28. The molecule has 31 heavy (non-hydrogen) atoms. The number of ether oxygens (including phenoxy) is 1. The molecule has 6 nitrogen and oxygen atoms in total. The number of nitrogens with one attached hydrogen (secondary N) is 2. The van der Waals surface area contributed by atoms with Gasteiger partial charge >= 0.3 is 0 Å². The number of anilines is 1. The molecule has 0 fully saturated rings. The summed E-state index contributed by atoms with van der Waals surface area (Å²) in [6, 6.07) is 21.4. The van der Waals surface area contributed by atoms with E-state index in [9.17, 15) is 13.2 Å². The van der Waals surface area contributed by atoms with Crippen molar-refractivity contribution in [3.8, 4) is 5.75 Å². The van der Waals surface area contributed by atoms with Gasteiger partial charge in [-0.25, -0.2) is 8.42 Å². The zero-order valence-electron chi connectivity index (χ0n) is 16.7. The molecule has 0 atom stereocenters. The molecule has 0 aliphatic rings. The summed E-state index contributed by atoms with van der Waals surface area (Å²) < 4.78 is 33.5. The van der Waals surface area contributed by atoms with Crippen molar-refractivity contribution >= 4 is 43.7 Å². The van der Waals surface area contributed by atoms with Crippen LogP contribution in [0.3, 0.4) is 0 Å². The number of carbonyl (C=O) groups is 1. The van der Waals surface area contributed by atoms with Crippen LogP contribution in [0.4, 0.5) is 5.69 Å². The molecule has 8 heteroatoms. The van der Waals surface area contributed by atoms with E-state index in [0.717, 1.165) is 33.4 Å². The summed E-state index contributed by atoms with van der Waals surface area (Å²) in [6.07, 6.45) is 0. The average Bonchev–Trinajstić information content (AvgIpc) is 3.33. The van der Waals surface area contributed by atoms with E-state index in [1.165, 1.54) is 6.07 Å². The molecule has 4 rings (SSSR count). The first kappa shape index (κ1) is 20.9. The third-order valence-electron chi connectivity index (χ3n) is 4.75. The van der Waals surface area contributed by atoms with Crippen LogP contribution in [0.2, 0.25) is 0 Å². The van der Waals surface area contributed by atoms with Gasteiger partial charge in [0.15, 0.2) is 0 Å². The lowest BCUT2D eigenvalue weighted by Crippen LogP contribution is -2.25. The van der Waals surface area contributed by atoms with Crippen LogP contribution in [0.15, 0.2) is 82.4 Å². The molecule has 1 amide bonds. The molecular formula is C23H20N2O4S2. The van der Waals surface area contributed by atoms with E-state index in [0.29, 0.717) is 6.54 Å². The van der Waals surface area contributed by atoms with Crippen LogP contribution < -0.4 is 14.8 Å². The lowest BCUT2D eigenvalue weighted by atomic mass is 10.0. The SMILES string of the molecule is COc1ccc(CNC(=O)c2cc3ccccc3cc2NS(=O)(=O)c2cccs2)cc1. The lowest BCUT2D eigenvalue weighted by molar-refractivity contribution is 0.0952. The Morgan fingerprint density at radius 1 is 0.968 bits per heavy atom. The van der Waals surface area contributed by atoms with Crippen LogP contribution in [0.1, 0.15) is 15.9 Å². The number of amides is 1.